The van der Waals surface area contributed by atoms with E-state index in [2.05, 4.69) is 18.1 Å². The number of rotatable bonds is 10. The maximum Gasteiger partial charge on any atom is 0.247 e. The highest BCUT2D eigenvalue weighted by molar-refractivity contribution is 5.92. The Bertz CT molecular complexity index is 1220. The summed E-state index contributed by atoms with van der Waals surface area (Å²) in [5.74, 6) is 5.10. The molecule has 2 aliphatic carbocycles. The Morgan fingerprint density at radius 2 is 2.00 bits per heavy atom. The summed E-state index contributed by atoms with van der Waals surface area (Å²) in [6, 6.07) is 9.99. The number of nitrogens with zero attached hydrogens (tertiary/aromatic N) is 2. The lowest BCUT2D eigenvalue weighted by molar-refractivity contribution is -0.127. The SMILES string of the molecule is COc1cc(/C=C/C(=O)N(Cc2ccc(C3CC3C)o2)C2CC2)ccc1OCc1c(C)noc1C. The molecule has 2 saturated carbocycles. The molecule has 1 aromatic carbocycles. The van der Waals surface area contributed by atoms with Crippen LogP contribution in [0.25, 0.3) is 6.08 Å². The molecule has 0 radical (unpaired) electrons. The first-order chi connectivity index (χ1) is 16.9. The molecule has 0 bridgehead atoms. The molecule has 35 heavy (non-hydrogen) atoms. The number of amides is 1. The predicted octanol–water partition coefficient (Wildman–Crippen LogP) is 5.80. The van der Waals surface area contributed by atoms with Crippen LogP contribution >= 0.6 is 0 Å². The summed E-state index contributed by atoms with van der Waals surface area (Å²) in [4.78, 5) is 15.0. The Labute approximate surface area is 205 Å². The van der Waals surface area contributed by atoms with Gasteiger partial charge in [0.25, 0.3) is 0 Å². The maximum absolute atomic E-state index is 13.1. The van der Waals surface area contributed by atoms with E-state index in [0.29, 0.717) is 36.5 Å². The van der Waals surface area contributed by atoms with Crippen molar-refractivity contribution in [3.05, 3.63) is 70.5 Å². The third-order valence-electron chi connectivity index (χ3n) is 6.91. The number of carbonyl (C=O) groups excluding carboxylic acids is 1. The lowest BCUT2D eigenvalue weighted by atomic mass is 10.1. The normalized spacial score (nSPS) is 19.2. The van der Waals surface area contributed by atoms with Gasteiger partial charge in [0.05, 0.1) is 24.9 Å². The third-order valence-corrected chi connectivity index (χ3v) is 6.91. The zero-order valence-electron chi connectivity index (χ0n) is 20.7. The van der Waals surface area contributed by atoms with Gasteiger partial charge in [-0.2, -0.15) is 0 Å². The van der Waals surface area contributed by atoms with Gasteiger partial charge in [0.15, 0.2) is 11.5 Å². The minimum Gasteiger partial charge on any atom is -0.493 e. The van der Waals surface area contributed by atoms with Crippen LogP contribution in [0.4, 0.5) is 0 Å². The van der Waals surface area contributed by atoms with Crippen LogP contribution in [0.15, 0.2) is 45.3 Å². The van der Waals surface area contributed by atoms with Crippen LogP contribution in [0.5, 0.6) is 11.5 Å². The molecule has 7 heteroatoms. The van der Waals surface area contributed by atoms with Gasteiger partial charge < -0.3 is 23.3 Å². The first-order valence-electron chi connectivity index (χ1n) is 12.2. The highest BCUT2D eigenvalue weighted by Crippen LogP contribution is 2.47. The number of hydrogen-bond acceptors (Lipinski definition) is 6. The Morgan fingerprint density at radius 1 is 1.20 bits per heavy atom. The van der Waals surface area contributed by atoms with Gasteiger partial charge in [-0.25, -0.2) is 0 Å². The van der Waals surface area contributed by atoms with Crippen LogP contribution in [0.2, 0.25) is 0 Å². The molecule has 2 fully saturated rings. The van der Waals surface area contributed by atoms with Crippen LogP contribution in [0, 0.1) is 19.8 Å². The summed E-state index contributed by atoms with van der Waals surface area (Å²) in [5, 5.41) is 3.96. The van der Waals surface area contributed by atoms with Gasteiger partial charge >= 0.3 is 0 Å². The van der Waals surface area contributed by atoms with Crippen molar-refractivity contribution in [3.8, 4) is 11.5 Å². The molecule has 184 valence electrons. The van der Waals surface area contributed by atoms with Crippen molar-refractivity contribution in [2.45, 2.75) is 65.1 Å². The molecule has 2 heterocycles. The van der Waals surface area contributed by atoms with Crippen molar-refractivity contribution < 1.29 is 23.2 Å². The number of ether oxygens (including phenoxy) is 2. The molecule has 2 atom stereocenters. The smallest absolute Gasteiger partial charge is 0.247 e. The topological polar surface area (TPSA) is 77.9 Å². The quantitative estimate of drug-likeness (QED) is 0.344. The Hall–Kier alpha value is -3.48. The van der Waals surface area contributed by atoms with Gasteiger partial charge in [-0.3, -0.25) is 4.79 Å². The second-order valence-corrected chi connectivity index (χ2v) is 9.66. The van der Waals surface area contributed by atoms with E-state index in [1.165, 1.54) is 6.42 Å². The van der Waals surface area contributed by atoms with E-state index in [0.717, 1.165) is 46.9 Å². The van der Waals surface area contributed by atoms with Gasteiger partial charge in [-0.05, 0) is 74.9 Å². The second-order valence-electron chi connectivity index (χ2n) is 9.66. The summed E-state index contributed by atoms with van der Waals surface area (Å²) < 4.78 is 22.7. The molecule has 0 aliphatic heterocycles. The van der Waals surface area contributed by atoms with Gasteiger partial charge in [-0.1, -0.05) is 18.1 Å². The van der Waals surface area contributed by atoms with Crippen molar-refractivity contribution in [2.24, 2.45) is 5.92 Å². The fourth-order valence-electron chi connectivity index (χ4n) is 4.37. The van der Waals surface area contributed by atoms with Crippen LogP contribution in [0.1, 0.15) is 66.2 Å². The van der Waals surface area contributed by atoms with Gasteiger partial charge in [0, 0.05) is 18.0 Å². The molecule has 7 nitrogen and oxygen atoms in total. The number of aryl methyl sites for hydroxylation is 2. The zero-order chi connectivity index (χ0) is 24.5. The number of benzene rings is 1. The first kappa shape index (κ1) is 23.3. The third kappa shape index (κ3) is 5.29. The summed E-state index contributed by atoms with van der Waals surface area (Å²) in [5.41, 5.74) is 2.60. The number of methoxy groups -OCH3 is 1. The van der Waals surface area contributed by atoms with Crippen LogP contribution in [-0.2, 0) is 17.9 Å². The molecule has 2 unspecified atom stereocenters. The van der Waals surface area contributed by atoms with Crippen LogP contribution in [-0.4, -0.2) is 29.1 Å². The summed E-state index contributed by atoms with van der Waals surface area (Å²) in [7, 11) is 1.60. The van der Waals surface area contributed by atoms with Crippen LogP contribution < -0.4 is 9.47 Å². The molecule has 3 aromatic rings. The molecule has 0 spiro atoms. The molecule has 0 N–H and O–H groups in total. The zero-order valence-corrected chi connectivity index (χ0v) is 20.7. The highest BCUT2D eigenvalue weighted by atomic mass is 16.5. The van der Waals surface area contributed by atoms with E-state index in [-0.39, 0.29) is 11.9 Å². The van der Waals surface area contributed by atoms with Crippen molar-refractivity contribution >= 4 is 12.0 Å². The average Bonchev–Trinajstić information content (AvgIpc) is 3.76. The van der Waals surface area contributed by atoms with E-state index in [1.54, 1.807) is 13.2 Å². The Morgan fingerprint density at radius 3 is 2.66 bits per heavy atom. The maximum atomic E-state index is 13.1. The van der Waals surface area contributed by atoms with Gasteiger partial charge in [-0.15, -0.1) is 0 Å². The minimum atomic E-state index is -0.0112. The van der Waals surface area contributed by atoms with E-state index < -0.39 is 0 Å². The van der Waals surface area contributed by atoms with Crippen molar-refractivity contribution in [1.29, 1.82) is 0 Å². The molecular formula is C28H32N2O5. The number of furan rings is 1. The predicted molar refractivity (Wildman–Crippen MR) is 131 cm³/mol. The van der Waals surface area contributed by atoms with E-state index in [9.17, 15) is 4.79 Å². The van der Waals surface area contributed by atoms with E-state index in [1.807, 2.05) is 49.1 Å². The molecular weight excluding hydrogens is 444 g/mol. The molecule has 2 aromatic heterocycles. The standard InChI is InChI=1S/C28H32N2O5/c1-17-13-23(17)25-11-9-22(34-25)15-30(21-7-8-21)28(31)12-6-20-5-10-26(27(14-20)32-4)33-16-24-18(2)29-35-19(24)3/h5-6,9-12,14,17,21,23H,7-8,13,15-16H2,1-4H3/b12-6+. The van der Waals surface area contributed by atoms with Crippen LogP contribution in [0.3, 0.4) is 0 Å². The molecule has 0 saturated heterocycles. The summed E-state index contributed by atoms with van der Waals surface area (Å²) >= 11 is 0. The van der Waals surface area contributed by atoms with E-state index >= 15 is 0 Å². The number of aromatic nitrogens is 1. The lowest BCUT2D eigenvalue weighted by Gasteiger charge is -2.19. The number of carbonyl (C=O) groups is 1. The van der Waals surface area contributed by atoms with Crippen molar-refractivity contribution in [3.63, 3.8) is 0 Å². The van der Waals surface area contributed by atoms with Gasteiger partial charge in [0.2, 0.25) is 5.91 Å². The van der Waals surface area contributed by atoms with Crippen molar-refractivity contribution in [1.82, 2.24) is 10.1 Å². The fourth-order valence-corrected chi connectivity index (χ4v) is 4.37. The minimum absolute atomic E-state index is 0.0112. The molecule has 5 rings (SSSR count). The van der Waals surface area contributed by atoms with E-state index in [4.69, 9.17) is 18.4 Å². The highest BCUT2D eigenvalue weighted by Gasteiger charge is 2.37. The molecule has 1 amide bonds. The monoisotopic (exact) mass is 476 g/mol. The van der Waals surface area contributed by atoms with Gasteiger partial charge in [0.1, 0.15) is 23.9 Å². The molecule has 2 aliphatic rings. The second kappa shape index (κ2) is 9.64. The lowest BCUT2D eigenvalue weighted by Crippen LogP contribution is -2.30. The van der Waals surface area contributed by atoms with Crippen molar-refractivity contribution in [2.75, 3.05) is 7.11 Å². The Kier molecular flexibility index (Phi) is 6.41. The fraction of sp³-hybridized carbons (Fsp3) is 0.429. The summed E-state index contributed by atoms with van der Waals surface area (Å²) in [6.07, 6.45) is 6.71. The summed E-state index contributed by atoms with van der Waals surface area (Å²) in [6.45, 7) is 6.84. The largest absolute Gasteiger partial charge is 0.493 e. The Balaban J connectivity index is 1.23. The average molecular weight is 477 g/mol. The first-order valence-corrected chi connectivity index (χ1v) is 12.2. The number of hydrogen-bond donors (Lipinski definition) is 0.